The third-order valence-corrected chi connectivity index (χ3v) is 4.87. The number of carbonyl (C=O) groups is 1. The van der Waals surface area contributed by atoms with Crippen LogP contribution in [0.5, 0.6) is 0 Å². The van der Waals surface area contributed by atoms with Crippen molar-refractivity contribution in [3.8, 4) is 5.69 Å². The van der Waals surface area contributed by atoms with Crippen molar-refractivity contribution >= 4 is 5.97 Å². The molecule has 4 nitrogen and oxygen atoms in total. The highest BCUT2D eigenvalue weighted by atomic mass is 19.3. The molecule has 0 saturated heterocycles. The zero-order chi connectivity index (χ0) is 26.1. The lowest BCUT2D eigenvalue weighted by atomic mass is 10.00. The molecule has 1 aromatic heterocycles. The van der Waals surface area contributed by atoms with Crippen molar-refractivity contribution in [3.05, 3.63) is 47.8 Å². The van der Waals surface area contributed by atoms with E-state index in [1.807, 2.05) is 33.8 Å². The number of unbranched alkanes of at least 4 members (excludes halogenated alkanes) is 3. The smallest absolute Gasteiger partial charge is 0.306 e. The molecule has 0 aliphatic heterocycles. The van der Waals surface area contributed by atoms with Crippen molar-refractivity contribution in [2.45, 2.75) is 112 Å². The number of aryl methyl sites for hydroxylation is 1. The summed E-state index contributed by atoms with van der Waals surface area (Å²) >= 11 is 0. The summed E-state index contributed by atoms with van der Waals surface area (Å²) in [6, 6.07) is 7.96. The fourth-order valence-corrected chi connectivity index (χ4v) is 2.84. The molecule has 0 aliphatic rings. The molecular formula is C28H46F2N2O2. The van der Waals surface area contributed by atoms with Gasteiger partial charge in [0.1, 0.15) is 5.60 Å². The van der Waals surface area contributed by atoms with E-state index in [-0.39, 0.29) is 17.1 Å². The second-order valence-electron chi connectivity index (χ2n) is 9.69. The van der Waals surface area contributed by atoms with Gasteiger partial charge >= 0.3 is 5.97 Å². The number of rotatable bonds is 9. The molecule has 0 fully saturated rings. The van der Waals surface area contributed by atoms with Crippen molar-refractivity contribution in [1.29, 1.82) is 0 Å². The third kappa shape index (κ3) is 15.6. The summed E-state index contributed by atoms with van der Waals surface area (Å²) in [6.45, 7) is 16.3. The Morgan fingerprint density at radius 3 is 2.00 bits per heavy atom. The van der Waals surface area contributed by atoms with Crippen molar-refractivity contribution in [2.75, 3.05) is 0 Å². The molecule has 0 saturated carbocycles. The number of halogens is 2. The standard InChI is InChI=1S/C13H26O2.C11H10F2N2.C4H10/c1-6-7-8-9-11(2)10-12(14)15-13(3,4)5;1-8-6-7-15(14-8)10-4-2-9(3-5-10)11(12)13;1-3-4-2/h11H,6-10H2,1-5H3;2-7,11H,1H3;3-4H2,1-2H3. The van der Waals surface area contributed by atoms with Gasteiger partial charge in [-0.3, -0.25) is 4.79 Å². The molecular weight excluding hydrogens is 434 g/mol. The fraction of sp³-hybridized carbons (Fsp3) is 0.643. The van der Waals surface area contributed by atoms with E-state index in [9.17, 15) is 13.6 Å². The number of alkyl halides is 2. The van der Waals surface area contributed by atoms with Gasteiger partial charge in [-0.1, -0.05) is 78.4 Å². The predicted molar refractivity (Wildman–Crippen MR) is 138 cm³/mol. The highest BCUT2D eigenvalue weighted by Crippen LogP contribution is 2.20. The number of hydrogen-bond acceptors (Lipinski definition) is 3. The van der Waals surface area contributed by atoms with Gasteiger partial charge in [0.05, 0.1) is 11.4 Å². The lowest BCUT2D eigenvalue weighted by molar-refractivity contribution is -0.155. The summed E-state index contributed by atoms with van der Waals surface area (Å²) in [5, 5.41) is 4.18. The molecule has 34 heavy (non-hydrogen) atoms. The first-order valence-electron chi connectivity index (χ1n) is 12.6. The van der Waals surface area contributed by atoms with Crippen LogP contribution in [0.2, 0.25) is 0 Å². The molecule has 2 rings (SSSR count). The van der Waals surface area contributed by atoms with Gasteiger partial charge in [-0.2, -0.15) is 5.10 Å². The Kier molecular flexibility index (Phi) is 16.1. The minimum atomic E-state index is -2.42. The number of aromatic nitrogens is 2. The first-order chi connectivity index (χ1) is 15.9. The summed E-state index contributed by atoms with van der Waals surface area (Å²) < 4.78 is 31.5. The van der Waals surface area contributed by atoms with Crippen LogP contribution in [0.25, 0.3) is 5.69 Å². The van der Waals surface area contributed by atoms with Crippen molar-refractivity contribution < 1.29 is 18.3 Å². The van der Waals surface area contributed by atoms with E-state index in [4.69, 9.17) is 4.74 Å². The van der Waals surface area contributed by atoms with E-state index in [1.54, 1.807) is 23.0 Å². The quantitative estimate of drug-likeness (QED) is 0.266. The molecule has 0 N–H and O–H groups in total. The van der Waals surface area contributed by atoms with Gasteiger partial charge in [0.25, 0.3) is 6.43 Å². The van der Waals surface area contributed by atoms with Gasteiger partial charge in [-0.15, -0.1) is 0 Å². The Hall–Kier alpha value is -2.24. The molecule has 0 spiro atoms. The van der Waals surface area contributed by atoms with Crippen LogP contribution in [-0.2, 0) is 9.53 Å². The molecule has 0 amide bonds. The first-order valence-corrected chi connectivity index (χ1v) is 12.6. The summed E-state index contributed by atoms with van der Waals surface area (Å²) in [5.41, 5.74) is 1.36. The van der Waals surface area contributed by atoms with Crippen molar-refractivity contribution in [2.24, 2.45) is 5.92 Å². The average Bonchev–Trinajstić information content (AvgIpc) is 3.19. The van der Waals surface area contributed by atoms with Crippen LogP contribution in [0.1, 0.15) is 111 Å². The SMILES string of the molecule is CCCC.CCCCCC(C)CC(=O)OC(C)(C)C.Cc1ccn(-c2ccc(C(F)F)cc2)n1. The maximum absolute atomic E-state index is 12.3. The van der Waals surface area contributed by atoms with E-state index in [0.717, 1.165) is 17.8 Å². The number of esters is 1. The van der Waals surface area contributed by atoms with E-state index in [1.165, 1.54) is 44.2 Å². The minimum Gasteiger partial charge on any atom is -0.460 e. The Labute approximate surface area is 206 Å². The molecule has 1 aromatic carbocycles. The minimum absolute atomic E-state index is 0.0302. The summed E-state index contributed by atoms with van der Waals surface area (Å²) in [4.78, 5) is 11.5. The van der Waals surface area contributed by atoms with Crippen LogP contribution < -0.4 is 0 Å². The zero-order valence-corrected chi connectivity index (χ0v) is 22.5. The Bertz CT molecular complexity index is 778. The maximum Gasteiger partial charge on any atom is 0.306 e. The largest absolute Gasteiger partial charge is 0.460 e. The van der Waals surface area contributed by atoms with Gasteiger partial charge in [0, 0.05) is 18.2 Å². The van der Waals surface area contributed by atoms with Crippen LogP contribution >= 0.6 is 0 Å². The number of hydrogen-bond donors (Lipinski definition) is 0. The summed E-state index contributed by atoms with van der Waals surface area (Å²) in [5.74, 6) is 0.387. The summed E-state index contributed by atoms with van der Waals surface area (Å²) in [7, 11) is 0. The molecule has 1 heterocycles. The van der Waals surface area contributed by atoms with Gasteiger partial charge in [0.15, 0.2) is 0 Å². The van der Waals surface area contributed by atoms with Crippen LogP contribution in [0.15, 0.2) is 36.5 Å². The highest BCUT2D eigenvalue weighted by molar-refractivity contribution is 5.70. The van der Waals surface area contributed by atoms with Gasteiger partial charge < -0.3 is 4.74 Å². The normalized spacial score (nSPS) is 11.7. The Morgan fingerprint density at radius 1 is 1.00 bits per heavy atom. The highest BCUT2D eigenvalue weighted by Gasteiger charge is 2.18. The Morgan fingerprint density at radius 2 is 1.59 bits per heavy atom. The first kappa shape index (κ1) is 31.8. The molecule has 194 valence electrons. The molecule has 0 bridgehead atoms. The van der Waals surface area contributed by atoms with E-state index in [2.05, 4.69) is 32.8 Å². The van der Waals surface area contributed by atoms with E-state index in [0.29, 0.717) is 12.3 Å². The molecule has 2 aromatic rings. The maximum atomic E-state index is 12.3. The monoisotopic (exact) mass is 480 g/mol. The van der Waals surface area contributed by atoms with Gasteiger partial charge in [0.2, 0.25) is 0 Å². The summed E-state index contributed by atoms with van der Waals surface area (Å²) in [6.07, 6.45) is 7.43. The number of ether oxygens (including phenoxy) is 1. The fourth-order valence-electron chi connectivity index (χ4n) is 2.84. The van der Waals surface area contributed by atoms with Crippen LogP contribution in [0.3, 0.4) is 0 Å². The molecule has 1 atom stereocenters. The number of benzene rings is 1. The second kappa shape index (κ2) is 17.2. The molecule has 1 unspecified atom stereocenters. The van der Waals surface area contributed by atoms with Crippen molar-refractivity contribution in [1.82, 2.24) is 9.78 Å². The van der Waals surface area contributed by atoms with Crippen LogP contribution in [0, 0.1) is 12.8 Å². The van der Waals surface area contributed by atoms with Gasteiger partial charge in [-0.25, -0.2) is 13.5 Å². The number of nitrogens with zero attached hydrogens (tertiary/aromatic N) is 2. The molecule has 0 aliphatic carbocycles. The molecule has 0 radical (unpaired) electrons. The Balaban J connectivity index is 0.000000554. The third-order valence-electron chi connectivity index (χ3n) is 4.87. The molecule has 6 heteroatoms. The van der Waals surface area contributed by atoms with Crippen LogP contribution in [-0.4, -0.2) is 21.4 Å². The number of carbonyl (C=O) groups excluding carboxylic acids is 1. The van der Waals surface area contributed by atoms with Crippen LogP contribution in [0.4, 0.5) is 8.78 Å². The van der Waals surface area contributed by atoms with E-state index < -0.39 is 6.43 Å². The average molecular weight is 481 g/mol. The van der Waals surface area contributed by atoms with Crippen molar-refractivity contribution in [3.63, 3.8) is 0 Å². The second-order valence-corrected chi connectivity index (χ2v) is 9.69. The van der Waals surface area contributed by atoms with Gasteiger partial charge in [-0.05, 0) is 51.8 Å². The lowest BCUT2D eigenvalue weighted by Gasteiger charge is -2.20. The zero-order valence-electron chi connectivity index (χ0n) is 22.5. The lowest BCUT2D eigenvalue weighted by Crippen LogP contribution is -2.24. The van der Waals surface area contributed by atoms with E-state index >= 15 is 0 Å². The topological polar surface area (TPSA) is 44.1 Å². The predicted octanol–water partition coefficient (Wildman–Crippen LogP) is 8.86.